The van der Waals surface area contributed by atoms with Gasteiger partial charge in [0.05, 0.1) is 0 Å². The van der Waals surface area contributed by atoms with Gasteiger partial charge in [0.1, 0.15) is 0 Å². The molecule has 0 bridgehead atoms. The Kier molecular flexibility index (Phi) is 6.63. The van der Waals surface area contributed by atoms with Gasteiger partial charge in [-0.1, -0.05) is 41.4 Å². The molecule has 29 heavy (non-hydrogen) atoms. The largest absolute Gasteiger partial charge is 0.368 e. The number of nitrogens with zero attached hydrogens (tertiary/aromatic N) is 3. The molecule has 0 unspecified atom stereocenters. The molecule has 0 radical (unpaired) electrons. The van der Waals surface area contributed by atoms with Crippen LogP contribution in [0.15, 0.2) is 48.5 Å². The van der Waals surface area contributed by atoms with Gasteiger partial charge in [0.2, 0.25) is 5.91 Å². The first-order valence-electron chi connectivity index (χ1n) is 10.3. The molecule has 2 aliphatic heterocycles. The van der Waals surface area contributed by atoms with Crippen molar-refractivity contribution in [2.24, 2.45) is 5.92 Å². The maximum absolute atomic E-state index is 13.0. The summed E-state index contributed by atoms with van der Waals surface area (Å²) in [5.41, 5.74) is 2.41. The zero-order chi connectivity index (χ0) is 20.2. The lowest BCUT2D eigenvalue weighted by Crippen LogP contribution is -2.51. The van der Waals surface area contributed by atoms with Crippen LogP contribution in [0.5, 0.6) is 0 Å². The third kappa shape index (κ3) is 5.25. The first-order chi connectivity index (χ1) is 14.1. The minimum atomic E-state index is 0.161. The van der Waals surface area contributed by atoms with E-state index in [1.54, 1.807) is 0 Å². The molecule has 2 heterocycles. The predicted molar refractivity (Wildman–Crippen MR) is 120 cm³/mol. The Morgan fingerprint density at radius 1 is 0.862 bits per heavy atom. The predicted octanol–water partition coefficient (Wildman–Crippen LogP) is 4.55. The average molecular weight is 432 g/mol. The van der Waals surface area contributed by atoms with E-state index in [2.05, 4.69) is 32.9 Å². The molecule has 2 aliphatic rings. The number of carbonyl (C=O) groups excluding carboxylic acids is 1. The molecule has 2 aromatic carbocycles. The fraction of sp³-hybridized carbons (Fsp3) is 0.435. The Morgan fingerprint density at radius 3 is 2.21 bits per heavy atom. The Balaban J connectivity index is 1.24. The number of carbonyl (C=O) groups is 1. The second-order valence-corrected chi connectivity index (χ2v) is 8.84. The lowest BCUT2D eigenvalue weighted by atomic mass is 9.94. The van der Waals surface area contributed by atoms with Crippen LogP contribution >= 0.6 is 23.2 Å². The third-order valence-electron chi connectivity index (χ3n) is 6.02. The van der Waals surface area contributed by atoms with Crippen LogP contribution in [0.2, 0.25) is 10.0 Å². The molecule has 2 aromatic rings. The number of halogens is 2. The van der Waals surface area contributed by atoms with E-state index in [9.17, 15) is 4.79 Å². The summed E-state index contributed by atoms with van der Waals surface area (Å²) in [5, 5.41) is 1.53. The highest BCUT2D eigenvalue weighted by atomic mass is 35.5. The first-order valence-corrected chi connectivity index (χ1v) is 11.1. The van der Waals surface area contributed by atoms with E-state index in [0.717, 1.165) is 74.4 Å². The minimum absolute atomic E-state index is 0.161. The number of rotatable bonds is 4. The van der Waals surface area contributed by atoms with Crippen molar-refractivity contribution in [2.45, 2.75) is 19.4 Å². The van der Waals surface area contributed by atoms with Crippen LogP contribution in [0.1, 0.15) is 18.4 Å². The highest BCUT2D eigenvalue weighted by Gasteiger charge is 2.30. The fourth-order valence-corrected chi connectivity index (χ4v) is 4.61. The van der Waals surface area contributed by atoms with Crippen LogP contribution in [-0.4, -0.2) is 55.0 Å². The second kappa shape index (κ2) is 9.38. The van der Waals surface area contributed by atoms with Crippen molar-refractivity contribution in [3.8, 4) is 0 Å². The molecule has 0 saturated carbocycles. The first kappa shape index (κ1) is 20.5. The Morgan fingerprint density at radius 2 is 1.55 bits per heavy atom. The molecule has 6 heteroatoms. The van der Waals surface area contributed by atoms with E-state index >= 15 is 0 Å². The van der Waals surface area contributed by atoms with Gasteiger partial charge in [-0.3, -0.25) is 9.69 Å². The Bertz CT molecular complexity index is 826. The highest BCUT2D eigenvalue weighted by Crippen LogP contribution is 2.24. The maximum atomic E-state index is 13.0. The van der Waals surface area contributed by atoms with E-state index in [4.69, 9.17) is 23.2 Å². The molecule has 154 valence electrons. The lowest BCUT2D eigenvalue weighted by Gasteiger charge is -2.39. The molecule has 0 N–H and O–H groups in total. The molecule has 4 nitrogen and oxygen atoms in total. The molecule has 1 amide bonds. The molecule has 2 fully saturated rings. The Hall–Kier alpha value is -1.75. The number of piperazine rings is 1. The molecule has 2 saturated heterocycles. The standard InChI is InChI=1S/C23H27Cl2N3O/c24-20-6-4-18(5-7-20)17-26-10-8-19(9-11-26)23(29)28-14-12-27(13-15-28)22-3-1-2-21(25)16-22/h1-7,16,19H,8-15,17H2. The Labute approximate surface area is 183 Å². The third-order valence-corrected chi connectivity index (χ3v) is 6.51. The van der Waals surface area contributed by atoms with Gasteiger partial charge in [-0.05, 0) is 61.8 Å². The summed E-state index contributed by atoms with van der Waals surface area (Å²) >= 11 is 12.1. The molecule has 0 aromatic heterocycles. The number of likely N-dealkylation sites (tertiary alicyclic amines) is 1. The average Bonchev–Trinajstić information content (AvgIpc) is 2.75. The van der Waals surface area contributed by atoms with Gasteiger partial charge in [-0.25, -0.2) is 0 Å². The van der Waals surface area contributed by atoms with Gasteiger partial charge in [-0.15, -0.1) is 0 Å². The molecule has 0 aliphatic carbocycles. The van der Waals surface area contributed by atoms with Crippen molar-refractivity contribution in [2.75, 3.05) is 44.2 Å². The number of piperidine rings is 1. The van der Waals surface area contributed by atoms with Crippen molar-refractivity contribution in [3.63, 3.8) is 0 Å². The van der Waals surface area contributed by atoms with E-state index in [0.29, 0.717) is 5.91 Å². The zero-order valence-corrected chi connectivity index (χ0v) is 18.1. The van der Waals surface area contributed by atoms with Gasteiger partial charge in [0.15, 0.2) is 0 Å². The summed E-state index contributed by atoms with van der Waals surface area (Å²) in [5.74, 6) is 0.496. The van der Waals surface area contributed by atoms with Crippen LogP contribution in [0.3, 0.4) is 0 Å². The van der Waals surface area contributed by atoms with Gasteiger partial charge in [0.25, 0.3) is 0 Å². The molecular formula is C23H27Cl2N3O. The summed E-state index contributed by atoms with van der Waals surface area (Å²) < 4.78 is 0. The number of benzene rings is 2. The van der Waals surface area contributed by atoms with Gasteiger partial charge < -0.3 is 9.80 Å². The van der Waals surface area contributed by atoms with Crippen molar-refractivity contribution < 1.29 is 4.79 Å². The van der Waals surface area contributed by atoms with Crippen LogP contribution in [0.25, 0.3) is 0 Å². The normalized spacial score (nSPS) is 18.8. The van der Waals surface area contributed by atoms with E-state index in [-0.39, 0.29) is 5.92 Å². The minimum Gasteiger partial charge on any atom is -0.368 e. The van der Waals surface area contributed by atoms with Gasteiger partial charge in [0, 0.05) is 54.4 Å². The quantitative estimate of drug-likeness (QED) is 0.709. The monoisotopic (exact) mass is 431 g/mol. The molecule has 0 atom stereocenters. The molecule has 4 rings (SSSR count). The zero-order valence-electron chi connectivity index (χ0n) is 16.6. The summed E-state index contributed by atoms with van der Waals surface area (Å²) in [6.07, 6.45) is 1.89. The topological polar surface area (TPSA) is 26.8 Å². The van der Waals surface area contributed by atoms with Crippen LogP contribution < -0.4 is 4.90 Å². The second-order valence-electron chi connectivity index (χ2n) is 7.97. The summed E-state index contributed by atoms with van der Waals surface area (Å²) in [6.45, 7) is 6.18. The molecule has 0 spiro atoms. The van der Waals surface area contributed by atoms with Crippen molar-refractivity contribution in [3.05, 3.63) is 64.1 Å². The summed E-state index contributed by atoms with van der Waals surface area (Å²) in [7, 11) is 0. The smallest absolute Gasteiger partial charge is 0.225 e. The number of anilines is 1. The van der Waals surface area contributed by atoms with Crippen LogP contribution in [-0.2, 0) is 11.3 Å². The van der Waals surface area contributed by atoms with Crippen molar-refractivity contribution >= 4 is 34.8 Å². The van der Waals surface area contributed by atoms with Crippen molar-refractivity contribution in [1.29, 1.82) is 0 Å². The van der Waals surface area contributed by atoms with Crippen LogP contribution in [0.4, 0.5) is 5.69 Å². The summed E-state index contributed by atoms with van der Waals surface area (Å²) in [6, 6.07) is 16.0. The number of hydrogen-bond acceptors (Lipinski definition) is 3. The molecular weight excluding hydrogens is 405 g/mol. The highest BCUT2D eigenvalue weighted by molar-refractivity contribution is 6.31. The van der Waals surface area contributed by atoms with E-state index < -0.39 is 0 Å². The van der Waals surface area contributed by atoms with Crippen LogP contribution in [0, 0.1) is 5.92 Å². The summed E-state index contributed by atoms with van der Waals surface area (Å²) in [4.78, 5) is 19.8. The van der Waals surface area contributed by atoms with Crippen molar-refractivity contribution in [1.82, 2.24) is 9.80 Å². The van der Waals surface area contributed by atoms with E-state index in [1.165, 1.54) is 5.56 Å². The maximum Gasteiger partial charge on any atom is 0.225 e. The SMILES string of the molecule is O=C(C1CCN(Cc2ccc(Cl)cc2)CC1)N1CCN(c2cccc(Cl)c2)CC1. The van der Waals surface area contributed by atoms with E-state index in [1.807, 2.05) is 30.3 Å². The van der Waals surface area contributed by atoms with Gasteiger partial charge in [-0.2, -0.15) is 0 Å². The number of hydrogen-bond donors (Lipinski definition) is 0. The lowest BCUT2D eigenvalue weighted by molar-refractivity contribution is -0.137. The number of amides is 1. The van der Waals surface area contributed by atoms with Gasteiger partial charge >= 0.3 is 0 Å². The fourth-order valence-electron chi connectivity index (χ4n) is 4.30.